The molecule has 2 heterocycles. The first kappa shape index (κ1) is 15.4. The van der Waals surface area contributed by atoms with Crippen molar-refractivity contribution in [3.8, 4) is 0 Å². The van der Waals surface area contributed by atoms with Gasteiger partial charge in [0.1, 0.15) is 5.82 Å². The molecule has 5 nitrogen and oxygen atoms in total. The van der Waals surface area contributed by atoms with Gasteiger partial charge in [-0.2, -0.15) is 0 Å². The Morgan fingerprint density at radius 1 is 1.32 bits per heavy atom. The van der Waals surface area contributed by atoms with Crippen molar-refractivity contribution in [3.05, 3.63) is 35.6 Å². The quantitative estimate of drug-likeness (QED) is 0.871. The van der Waals surface area contributed by atoms with Crippen molar-refractivity contribution >= 4 is 5.91 Å². The third kappa shape index (κ3) is 3.45. The molecular formula is C16H21FN2O3. The second-order valence-corrected chi connectivity index (χ2v) is 5.89. The molecule has 2 aliphatic heterocycles. The van der Waals surface area contributed by atoms with Crippen molar-refractivity contribution in [2.24, 2.45) is 0 Å². The summed E-state index contributed by atoms with van der Waals surface area (Å²) in [5.41, 5.74) is 0.661. The smallest absolute Gasteiger partial charge is 0.227 e. The van der Waals surface area contributed by atoms with E-state index in [1.54, 1.807) is 17.0 Å². The predicted molar refractivity (Wildman–Crippen MR) is 78.9 cm³/mol. The minimum absolute atomic E-state index is 0.0274. The minimum Gasteiger partial charge on any atom is -0.390 e. The van der Waals surface area contributed by atoms with E-state index >= 15 is 0 Å². The fourth-order valence-electron chi connectivity index (χ4n) is 3.17. The van der Waals surface area contributed by atoms with Crippen molar-refractivity contribution in [1.29, 1.82) is 0 Å². The molecule has 0 aromatic heterocycles. The number of amides is 1. The van der Waals surface area contributed by atoms with Crippen LogP contribution in [0.2, 0.25) is 0 Å². The molecule has 1 amide bonds. The first-order valence-electron chi connectivity index (χ1n) is 7.65. The molecule has 2 atom stereocenters. The molecule has 0 unspecified atom stereocenters. The van der Waals surface area contributed by atoms with E-state index in [4.69, 9.17) is 4.74 Å². The fraction of sp³-hybridized carbons (Fsp3) is 0.562. The number of aliphatic hydroxyl groups excluding tert-OH is 1. The number of likely N-dealkylation sites (tertiary alicyclic amines) is 1. The first-order chi connectivity index (χ1) is 10.6. The maximum atomic E-state index is 13.2. The lowest BCUT2D eigenvalue weighted by atomic mass is 10.1. The van der Waals surface area contributed by atoms with E-state index in [0.717, 1.165) is 13.1 Å². The topological polar surface area (TPSA) is 53.0 Å². The lowest BCUT2D eigenvalue weighted by Gasteiger charge is -2.33. The normalized spacial score (nSPS) is 26.4. The molecule has 2 aliphatic rings. The van der Waals surface area contributed by atoms with Gasteiger partial charge in [0, 0.05) is 26.2 Å². The van der Waals surface area contributed by atoms with E-state index in [9.17, 15) is 14.3 Å². The number of carbonyl (C=O) groups excluding carboxylic acids is 1. The van der Waals surface area contributed by atoms with Crippen LogP contribution in [0, 0.1) is 5.82 Å². The van der Waals surface area contributed by atoms with Crippen LogP contribution in [0.3, 0.4) is 0 Å². The molecule has 1 aromatic rings. The van der Waals surface area contributed by atoms with E-state index in [1.165, 1.54) is 12.1 Å². The molecule has 2 saturated heterocycles. The predicted octanol–water partition coefficient (Wildman–Crippen LogP) is 0.272. The van der Waals surface area contributed by atoms with E-state index in [-0.39, 0.29) is 24.2 Å². The SMILES string of the molecule is O=C(Cc1cccc(F)c1)N1C[C@@H](O)[C@H](N2CCOCC2)C1. The molecule has 0 saturated carbocycles. The number of ether oxygens (including phenoxy) is 1. The number of morpholine rings is 1. The monoisotopic (exact) mass is 308 g/mol. The van der Waals surface area contributed by atoms with Crippen LogP contribution in [-0.4, -0.2) is 72.4 Å². The van der Waals surface area contributed by atoms with Gasteiger partial charge in [0.2, 0.25) is 5.91 Å². The van der Waals surface area contributed by atoms with Crippen LogP contribution in [0.5, 0.6) is 0 Å². The molecule has 0 aliphatic carbocycles. The highest BCUT2D eigenvalue weighted by atomic mass is 19.1. The van der Waals surface area contributed by atoms with Gasteiger partial charge in [-0.05, 0) is 17.7 Å². The second kappa shape index (κ2) is 6.73. The summed E-state index contributed by atoms with van der Waals surface area (Å²) in [5, 5.41) is 10.2. The Labute approximate surface area is 129 Å². The zero-order chi connectivity index (χ0) is 15.5. The van der Waals surface area contributed by atoms with Crippen molar-refractivity contribution in [1.82, 2.24) is 9.80 Å². The van der Waals surface area contributed by atoms with Crippen molar-refractivity contribution in [3.63, 3.8) is 0 Å². The van der Waals surface area contributed by atoms with Gasteiger partial charge in [0.05, 0.1) is 31.8 Å². The van der Waals surface area contributed by atoms with Gasteiger partial charge in [0.15, 0.2) is 0 Å². The van der Waals surface area contributed by atoms with Gasteiger partial charge in [-0.3, -0.25) is 9.69 Å². The molecule has 1 N–H and O–H groups in total. The summed E-state index contributed by atoms with van der Waals surface area (Å²) in [6.45, 7) is 3.77. The highest BCUT2D eigenvalue weighted by Gasteiger charge is 2.37. The van der Waals surface area contributed by atoms with Crippen molar-refractivity contribution in [2.75, 3.05) is 39.4 Å². The standard InChI is InChI=1S/C16H21FN2O3/c17-13-3-1-2-12(8-13)9-16(21)19-10-14(15(20)11-19)18-4-6-22-7-5-18/h1-3,8,14-15,20H,4-7,9-11H2/t14-,15-/m1/s1. The number of halogens is 1. The molecular weight excluding hydrogens is 287 g/mol. The molecule has 0 radical (unpaired) electrons. The van der Waals surface area contributed by atoms with Crippen molar-refractivity contribution in [2.45, 2.75) is 18.6 Å². The highest BCUT2D eigenvalue weighted by Crippen LogP contribution is 2.19. The number of benzene rings is 1. The van der Waals surface area contributed by atoms with Gasteiger partial charge in [-0.1, -0.05) is 12.1 Å². The lowest BCUT2D eigenvalue weighted by Crippen LogP contribution is -2.49. The molecule has 0 spiro atoms. The molecule has 6 heteroatoms. The Morgan fingerprint density at radius 2 is 2.09 bits per heavy atom. The summed E-state index contributed by atoms with van der Waals surface area (Å²) in [6.07, 6.45) is -0.366. The minimum atomic E-state index is -0.533. The van der Waals surface area contributed by atoms with Gasteiger partial charge in [-0.25, -0.2) is 4.39 Å². The Hall–Kier alpha value is -1.50. The van der Waals surface area contributed by atoms with Crippen molar-refractivity contribution < 1.29 is 19.0 Å². The third-order valence-electron chi connectivity index (χ3n) is 4.37. The van der Waals surface area contributed by atoms with E-state index < -0.39 is 6.10 Å². The zero-order valence-corrected chi connectivity index (χ0v) is 12.4. The molecule has 22 heavy (non-hydrogen) atoms. The molecule has 0 bridgehead atoms. The summed E-state index contributed by atoms with van der Waals surface area (Å²) in [6, 6.07) is 6.06. The highest BCUT2D eigenvalue weighted by molar-refractivity contribution is 5.79. The maximum Gasteiger partial charge on any atom is 0.227 e. The van der Waals surface area contributed by atoms with E-state index in [1.807, 2.05) is 0 Å². The van der Waals surface area contributed by atoms with Crippen LogP contribution < -0.4 is 0 Å². The number of rotatable bonds is 3. The van der Waals surface area contributed by atoms with Crippen LogP contribution in [0.25, 0.3) is 0 Å². The number of hydrogen-bond acceptors (Lipinski definition) is 4. The van der Waals surface area contributed by atoms with Gasteiger partial charge in [0.25, 0.3) is 0 Å². The van der Waals surface area contributed by atoms with Gasteiger partial charge in [-0.15, -0.1) is 0 Å². The number of carbonyl (C=O) groups is 1. The van der Waals surface area contributed by atoms with Crippen LogP contribution in [-0.2, 0) is 16.0 Å². The Morgan fingerprint density at radius 3 is 2.82 bits per heavy atom. The first-order valence-corrected chi connectivity index (χ1v) is 7.65. The van der Waals surface area contributed by atoms with Crippen LogP contribution >= 0.6 is 0 Å². The van der Waals surface area contributed by atoms with Gasteiger partial charge >= 0.3 is 0 Å². The number of hydrogen-bond donors (Lipinski definition) is 1. The van der Waals surface area contributed by atoms with Gasteiger partial charge < -0.3 is 14.7 Å². The third-order valence-corrected chi connectivity index (χ3v) is 4.37. The summed E-state index contributed by atoms with van der Waals surface area (Å²) in [5.74, 6) is -0.404. The average molecular weight is 308 g/mol. The number of nitrogens with zero attached hydrogens (tertiary/aromatic N) is 2. The Kier molecular flexibility index (Phi) is 4.71. The molecule has 1 aromatic carbocycles. The number of β-amino-alcohol motifs (C(OH)–C–C–N with tert-alkyl or cyclic N) is 1. The van der Waals surface area contributed by atoms with Crippen LogP contribution in [0.1, 0.15) is 5.56 Å². The molecule has 120 valence electrons. The fourth-order valence-corrected chi connectivity index (χ4v) is 3.17. The molecule has 2 fully saturated rings. The number of aliphatic hydroxyl groups is 1. The van der Waals surface area contributed by atoms with E-state index in [0.29, 0.717) is 31.9 Å². The second-order valence-electron chi connectivity index (χ2n) is 5.89. The zero-order valence-electron chi connectivity index (χ0n) is 12.4. The van der Waals surface area contributed by atoms with Crippen LogP contribution in [0.4, 0.5) is 4.39 Å². The van der Waals surface area contributed by atoms with E-state index in [2.05, 4.69) is 4.90 Å². The maximum absolute atomic E-state index is 13.2. The molecule has 3 rings (SSSR count). The Bertz CT molecular complexity index is 534. The average Bonchev–Trinajstić information content (AvgIpc) is 2.90. The van der Waals surface area contributed by atoms with Crippen LogP contribution in [0.15, 0.2) is 24.3 Å². The summed E-state index contributed by atoms with van der Waals surface area (Å²) in [4.78, 5) is 16.2. The lowest BCUT2D eigenvalue weighted by molar-refractivity contribution is -0.129. The summed E-state index contributed by atoms with van der Waals surface area (Å²) < 4.78 is 18.5. The summed E-state index contributed by atoms with van der Waals surface area (Å²) >= 11 is 0. The largest absolute Gasteiger partial charge is 0.390 e. The Balaban J connectivity index is 1.59. The summed E-state index contributed by atoms with van der Waals surface area (Å²) in [7, 11) is 0.